The summed E-state index contributed by atoms with van der Waals surface area (Å²) in [5.41, 5.74) is -3.52. The zero-order chi connectivity index (χ0) is 54.8. The Morgan fingerprint density at radius 3 is 1.79 bits per heavy atom. The Bertz CT molecular complexity index is 1850. The van der Waals surface area contributed by atoms with Crippen LogP contribution in [0.15, 0.2) is 24.3 Å². The van der Waals surface area contributed by atoms with Crippen LogP contribution in [-0.2, 0) is 38.4 Å². The SMILES string of the molecule is C=C(C)[C@H](NC(C=O)(CC(C)(C)O)N(C)C(=O)C(C)N(C)C(=O)[C@H](CCC)NC(=O)CC(C)[C@H](C)C/C=C/C)C(=O)N(C)[C@@H](CC(C)C)C(=O)NC(C)C(=O)NC(C)C(=O)[N+](=C)[C@@H](CC(C)C)N(C)[O-]. The molecule has 0 bridgehead atoms. The minimum atomic E-state index is -2.09. The van der Waals surface area contributed by atoms with Crippen molar-refractivity contribution in [3.05, 3.63) is 29.5 Å². The van der Waals surface area contributed by atoms with Crippen molar-refractivity contribution < 1.29 is 48.0 Å². The van der Waals surface area contributed by atoms with E-state index in [4.69, 9.17) is 0 Å². The summed E-state index contributed by atoms with van der Waals surface area (Å²) in [7, 11) is 5.41. The Kier molecular flexibility index (Phi) is 27.4. The summed E-state index contributed by atoms with van der Waals surface area (Å²) in [6, 6.07) is -7.04. The summed E-state index contributed by atoms with van der Waals surface area (Å²) in [4.78, 5) is 114. The van der Waals surface area contributed by atoms with Crippen LogP contribution < -0.4 is 21.3 Å². The molecule has 0 saturated heterocycles. The number of likely N-dealkylation sites (N-methyl/N-ethyl adjacent to an activating group) is 3. The number of rotatable bonds is 31. The lowest BCUT2D eigenvalue weighted by Gasteiger charge is -2.45. The van der Waals surface area contributed by atoms with E-state index < -0.39 is 95.5 Å². The van der Waals surface area contributed by atoms with Crippen LogP contribution in [0.4, 0.5) is 0 Å². The molecule has 0 spiro atoms. The molecule has 0 rings (SSSR count). The van der Waals surface area contributed by atoms with Gasteiger partial charge in [-0.1, -0.05) is 79.2 Å². The lowest BCUT2D eigenvalue weighted by atomic mass is 9.89. The fourth-order valence-corrected chi connectivity index (χ4v) is 7.99. The molecular formula is C51H91N9O10. The normalized spacial score (nSPS) is 16.7. The monoisotopic (exact) mass is 990 g/mol. The molecule has 5 N–H and O–H groups in total. The van der Waals surface area contributed by atoms with E-state index in [-0.39, 0.29) is 48.0 Å². The first-order valence-electron chi connectivity index (χ1n) is 24.6. The third kappa shape index (κ3) is 20.1. The molecule has 19 heteroatoms. The Morgan fingerprint density at radius 2 is 1.33 bits per heavy atom. The van der Waals surface area contributed by atoms with E-state index in [2.05, 4.69) is 41.5 Å². The third-order valence-electron chi connectivity index (χ3n) is 12.7. The number of nitrogens with one attached hydrogen (secondary N) is 4. The fraction of sp³-hybridized carbons (Fsp3) is 0.745. The summed E-state index contributed by atoms with van der Waals surface area (Å²) in [6.45, 7) is 31.8. The van der Waals surface area contributed by atoms with Crippen LogP contribution in [-0.4, -0.2) is 166 Å². The number of carbonyl (C=O) groups is 8. The van der Waals surface area contributed by atoms with Crippen LogP contribution in [0.3, 0.4) is 0 Å². The van der Waals surface area contributed by atoms with Gasteiger partial charge in [0.05, 0.1) is 5.60 Å². The van der Waals surface area contributed by atoms with Crippen molar-refractivity contribution in [1.82, 2.24) is 41.0 Å². The summed E-state index contributed by atoms with van der Waals surface area (Å²) in [6.07, 6.45) is 5.46. The molecule has 400 valence electrons. The van der Waals surface area contributed by atoms with E-state index in [0.717, 1.165) is 20.8 Å². The van der Waals surface area contributed by atoms with Crippen LogP contribution in [0.25, 0.3) is 0 Å². The molecule has 7 amide bonds. The van der Waals surface area contributed by atoms with Crippen molar-refractivity contribution in [3.8, 4) is 0 Å². The summed E-state index contributed by atoms with van der Waals surface area (Å²) < 4.78 is 1.03. The molecule has 0 aromatic rings. The standard InChI is InChI=1S/C51H91N9O10/c1-21-23-25-34(9)35(10)28-41(62)54-39(24-22-2)48(67)56(16)38(13)47(66)59(19)51(30-61,29-50(14,15)69)55-43(33(7)8)49(68)57(17)40(26-31(3)4)45(64)52-36(11)44(63)53-37(12)46(65)58(18)42(60(20)70)27-32(5)6/h21,23,30-32,34-40,42-43,55,69H,7,18,22,24-29H2,1-6,8-17,19-20H3,(H,52,64)(H,53,63)(H,54,62)/b23-21+/t34-,35?,36?,37?,38?,39+,40+,42-,43+,51?/m1/s1. The van der Waals surface area contributed by atoms with Gasteiger partial charge in [-0.2, -0.15) is 4.58 Å². The molecule has 10 atom stereocenters. The van der Waals surface area contributed by atoms with Crippen LogP contribution in [0.2, 0.25) is 0 Å². The number of hydroxylamine groups is 2. The average molecular weight is 990 g/mol. The third-order valence-corrected chi connectivity index (χ3v) is 12.7. The second kappa shape index (κ2) is 29.5. The van der Waals surface area contributed by atoms with Gasteiger partial charge in [-0.25, -0.2) is 4.79 Å². The molecule has 0 aliphatic carbocycles. The first-order chi connectivity index (χ1) is 32.1. The number of carbonyl (C=O) groups excluding carboxylic acids is 8. The molecule has 0 fully saturated rings. The Hall–Kier alpha value is -4.85. The first kappa shape index (κ1) is 65.1. The van der Waals surface area contributed by atoms with E-state index >= 15 is 0 Å². The average Bonchev–Trinajstić information content (AvgIpc) is 3.26. The van der Waals surface area contributed by atoms with Gasteiger partial charge in [0, 0.05) is 40.4 Å². The van der Waals surface area contributed by atoms with Gasteiger partial charge in [-0.05, 0) is 98.4 Å². The smallest absolute Gasteiger partial charge is 0.409 e. The van der Waals surface area contributed by atoms with Crippen LogP contribution in [0.1, 0.15) is 142 Å². The Labute approximate surface area is 419 Å². The van der Waals surface area contributed by atoms with Gasteiger partial charge >= 0.3 is 5.91 Å². The maximum absolute atomic E-state index is 14.6. The van der Waals surface area contributed by atoms with Crippen molar-refractivity contribution in [1.29, 1.82) is 0 Å². The summed E-state index contributed by atoms with van der Waals surface area (Å²) in [5, 5.41) is 35.1. The lowest BCUT2D eigenvalue weighted by molar-refractivity contribution is -0.508. The lowest BCUT2D eigenvalue weighted by Crippen LogP contribution is -2.69. The highest BCUT2D eigenvalue weighted by Crippen LogP contribution is 2.27. The van der Waals surface area contributed by atoms with E-state index in [0.29, 0.717) is 30.6 Å². The first-order valence-corrected chi connectivity index (χ1v) is 24.6. The van der Waals surface area contributed by atoms with Crippen LogP contribution in [0.5, 0.6) is 0 Å². The maximum Gasteiger partial charge on any atom is 0.409 e. The second-order valence-electron chi connectivity index (χ2n) is 20.9. The molecule has 0 aliphatic heterocycles. The predicted molar refractivity (Wildman–Crippen MR) is 274 cm³/mol. The number of nitrogens with zero attached hydrogens (tertiary/aromatic N) is 5. The number of aldehydes is 1. The van der Waals surface area contributed by atoms with E-state index in [9.17, 15) is 48.7 Å². The van der Waals surface area contributed by atoms with E-state index in [1.807, 2.05) is 60.6 Å². The molecule has 0 aromatic carbocycles. The topological polar surface area (TPSA) is 244 Å². The minimum absolute atomic E-state index is 0.0398. The quantitative estimate of drug-likeness (QED) is 0.0167. The molecule has 0 aliphatic rings. The molecule has 5 unspecified atom stereocenters. The van der Waals surface area contributed by atoms with E-state index in [1.165, 1.54) is 74.6 Å². The van der Waals surface area contributed by atoms with Crippen molar-refractivity contribution in [3.63, 3.8) is 0 Å². The van der Waals surface area contributed by atoms with Crippen molar-refractivity contribution in [2.45, 2.75) is 196 Å². The predicted octanol–water partition coefficient (Wildman–Crippen LogP) is 3.72. The van der Waals surface area contributed by atoms with Gasteiger partial charge in [0.2, 0.25) is 41.6 Å². The van der Waals surface area contributed by atoms with Crippen LogP contribution >= 0.6 is 0 Å². The molecule has 70 heavy (non-hydrogen) atoms. The molecule has 0 saturated carbocycles. The van der Waals surface area contributed by atoms with Gasteiger partial charge in [0.1, 0.15) is 36.9 Å². The van der Waals surface area contributed by atoms with Gasteiger partial charge in [-0.15, -0.1) is 0 Å². The number of allylic oxidation sites excluding steroid dienone is 2. The van der Waals surface area contributed by atoms with E-state index in [1.54, 1.807) is 0 Å². The summed E-state index contributed by atoms with van der Waals surface area (Å²) >= 11 is 0. The number of amides is 7. The maximum atomic E-state index is 14.6. The fourth-order valence-electron chi connectivity index (χ4n) is 7.99. The second-order valence-corrected chi connectivity index (χ2v) is 20.9. The van der Waals surface area contributed by atoms with Gasteiger partial charge in [0.15, 0.2) is 18.0 Å². The minimum Gasteiger partial charge on any atom is -0.781 e. The molecule has 0 aromatic heterocycles. The molecule has 0 heterocycles. The Balaban J connectivity index is 6.69. The number of aliphatic hydroxyl groups is 1. The Morgan fingerprint density at radius 1 is 0.786 bits per heavy atom. The van der Waals surface area contributed by atoms with Gasteiger partial charge in [0.25, 0.3) is 0 Å². The molecule has 0 radical (unpaired) electrons. The largest absolute Gasteiger partial charge is 0.781 e. The molecular weight excluding hydrogens is 899 g/mol. The van der Waals surface area contributed by atoms with Gasteiger partial charge in [-0.3, -0.25) is 38.9 Å². The molecule has 19 nitrogen and oxygen atoms in total. The zero-order valence-corrected chi connectivity index (χ0v) is 45.8. The van der Waals surface area contributed by atoms with Crippen molar-refractivity contribution >= 4 is 54.4 Å². The highest BCUT2D eigenvalue weighted by atomic mass is 16.5. The number of hydrogen-bond acceptors (Lipinski definition) is 12. The van der Waals surface area contributed by atoms with Crippen molar-refractivity contribution in [2.75, 3.05) is 28.2 Å². The van der Waals surface area contributed by atoms with Gasteiger partial charge < -0.3 is 46.0 Å². The van der Waals surface area contributed by atoms with Crippen molar-refractivity contribution in [2.24, 2.45) is 23.7 Å². The van der Waals surface area contributed by atoms with Crippen LogP contribution in [0, 0.1) is 28.9 Å². The highest BCUT2D eigenvalue weighted by Gasteiger charge is 2.47. The zero-order valence-electron chi connectivity index (χ0n) is 45.8. The highest BCUT2D eigenvalue weighted by molar-refractivity contribution is 5.96. The summed E-state index contributed by atoms with van der Waals surface area (Å²) in [5.74, 6) is -4.11. The number of hydrogen-bond donors (Lipinski definition) is 5.